The highest BCUT2D eigenvalue weighted by Gasteiger charge is 2.26. The molecular weight excluding hydrogens is 230 g/mol. The van der Waals surface area contributed by atoms with E-state index < -0.39 is 23.7 Å². The summed E-state index contributed by atoms with van der Waals surface area (Å²) in [4.78, 5) is 22.1. The number of carboxylic acid groups (broad SMARTS) is 1. The summed E-state index contributed by atoms with van der Waals surface area (Å²) in [6.07, 6.45) is -0.705. The number of carbonyl (C=O) groups is 2. The Morgan fingerprint density at radius 2 is 1.69 bits per heavy atom. The molecule has 2 N–H and O–H groups in total. The third-order valence-corrected chi connectivity index (χ3v) is 1.60. The van der Waals surface area contributed by atoms with Gasteiger partial charge in [0.25, 0.3) is 0 Å². The molecule has 0 saturated heterocycles. The lowest BCUT2D eigenvalue weighted by Crippen LogP contribution is -2.46. The number of alkyl carbamates (subject to hydrolysis) is 1. The summed E-state index contributed by atoms with van der Waals surface area (Å²) in [6.45, 7) is 8.60. The second kappa shape index (κ2) is 6.62. The van der Waals surface area contributed by atoms with Gasteiger partial charge in [0.05, 0.1) is 0 Å². The maximum Gasteiger partial charge on any atom is 0.408 e. The smallest absolute Gasteiger partial charge is 0.408 e. The maximum absolute atomic E-state index is 11.3. The summed E-state index contributed by atoms with van der Waals surface area (Å²) in [5, 5.41) is 11.1. The van der Waals surface area contributed by atoms with E-state index in [-0.39, 0.29) is 19.4 Å². The first kappa shape index (κ1) is 17.5. The molecule has 0 radical (unpaired) electrons. The second-order valence-electron chi connectivity index (χ2n) is 4.71. The van der Waals surface area contributed by atoms with Gasteiger partial charge in [0.1, 0.15) is 11.6 Å². The lowest BCUT2D eigenvalue weighted by Gasteiger charge is -2.23. The van der Waals surface area contributed by atoms with Crippen LogP contribution < -0.4 is 5.32 Å². The van der Waals surface area contributed by atoms with Gasteiger partial charge in [0.15, 0.2) is 0 Å². The third kappa shape index (κ3) is 7.39. The van der Waals surface area contributed by atoms with Crippen molar-refractivity contribution >= 4 is 25.6 Å². The molecule has 16 heavy (non-hydrogen) atoms. The van der Waals surface area contributed by atoms with Gasteiger partial charge in [-0.1, -0.05) is 13.8 Å². The van der Waals surface area contributed by atoms with E-state index in [1.165, 1.54) is 0 Å². The minimum absolute atomic E-state index is 0. The summed E-state index contributed by atoms with van der Waals surface area (Å²) in [7, 11) is 0. The van der Waals surface area contributed by atoms with Crippen LogP contribution in [0.4, 0.5) is 4.79 Å². The molecule has 0 aromatic carbocycles. The van der Waals surface area contributed by atoms with Gasteiger partial charge in [-0.05, 0) is 26.7 Å². The first-order chi connectivity index (χ1) is 6.63. The first-order valence-corrected chi connectivity index (χ1v) is 4.86. The van der Waals surface area contributed by atoms with E-state index in [0.717, 1.165) is 0 Å². The molecule has 0 heterocycles. The van der Waals surface area contributed by atoms with E-state index in [2.05, 4.69) is 5.32 Å². The van der Waals surface area contributed by atoms with Crippen molar-refractivity contribution in [2.45, 2.75) is 46.3 Å². The van der Waals surface area contributed by atoms with Gasteiger partial charge in [-0.2, -0.15) is 13.5 Å². The molecule has 0 spiro atoms. The molecule has 0 saturated carbocycles. The molecule has 0 unspecified atom stereocenters. The molecule has 0 aliphatic rings. The Balaban J connectivity index is 0. The van der Waals surface area contributed by atoms with E-state index in [1.54, 1.807) is 34.6 Å². The summed E-state index contributed by atoms with van der Waals surface area (Å²) in [5.74, 6) is -1.24. The molecule has 0 fully saturated rings. The fraction of sp³-hybridized carbons (Fsp3) is 0.800. The molecule has 6 heteroatoms. The molecule has 1 atom stereocenters. The summed E-state index contributed by atoms with van der Waals surface area (Å²) in [6, 6.07) is -0.917. The minimum Gasteiger partial charge on any atom is -0.480 e. The number of ether oxygens (including phenoxy) is 1. The van der Waals surface area contributed by atoms with Crippen LogP contribution in [0, 0.1) is 5.92 Å². The molecule has 1 amide bonds. The van der Waals surface area contributed by atoms with E-state index in [1.807, 2.05) is 0 Å². The van der Waals surface area contributed by atoms with Crippen molar-refractivity contribution in [3.63, 3.8) is 0 Å². The van der Waals surface area contributed by atoms with Crippen LogP contribution in [-0.2, 0) is 9.53 Å². The highest BCUT2D eigenvalue weighted by Crippen LogP contribution is 2.08. The van der Waals surface area contributed by atoms with Gasteiger partial charge in [-0.15, -0.1) is 0 Å². The Hall–Kier alpha value is -0.910. The highest BCUT2D eigenvalue weighted by atomic mass is 32.1. The van der Waals surface area contributed by atoms with Crippen molar-refractivity contribution in [3.05, 3.63) is 0 Å². The first-order valence-electron chi connectivity index (χ1n) is 4.86. The summed E-state index contributed by atoms with van der Waals surface area (Å²) >= 11 is 0. The monoisotopic (exact) mass is 251 g/mol. The quantitative estimate of drug-likeness (QED) is 0.801. The fourth-order valence-corrected chi connectivity index (χ4v) is 0.948. The second-order valence-corrected chi connectivity index (χ2v) is 4.71. The Morgan fingerprint density at radius 3 is 1.94 bits per heavy atom. The number of hydrogen-bond acceptors (Lipinski definition) is 3. The number of amides is 1. The third-order valence-electron chi connectivity index (χ3n) is 1.60. The molecule has 0 rings (SSSR count). The largest absolute Gasteiger partial charge is 0.480 e. The maximum atomic E-state index is 11.3. The summed E-state index contributed by atoms with van der Waals surface area (Å²) in [5.41, 5.74) is -0.621. The zero-order valence-corrected chi connectivity index (χ0v) is 11.3. The molecule has 0 aliphatic carbocycles. The van der Waals surface area contributed by atoms with E-state index >= 15 is 0 Å². The number of nitrogens with one attached hydrogen (secondary N) is 1. The number of carboxylic acids is 1. The van der Waals surface area contributed by atoms with E-state index in [4.69, 9.17) is 9.84 Å². The van der Waals surface area contributed by atoms with Crippen LogP contribution in [0.3, 0.4) is 0 Å². The van der Waals surface area contributed by atoms with Gasteiger partial charge in [0.2, 0.25) is 0 Å². The van der Waals surface area contributed by atoms with Crippen LogP contribution >= 0.6 is 13.5 Å². The number of aliphatic carboxylic acids is 1. The van der Waals surface area contributed by atoms with Crippen LogP contribution in [0.25, 0.3) is 0 Å². The molecule has 0 aromatic rings. The predicted molar refractivity (Wildman–Crippen MR) is 66.0 cm³/mol. The van der Waals surface area contributed by atoms with Crippen LogP contribution in [0.5, 0.6) is 0 Å². The van der Waals surface area contributed by atoms with Gasteiger partial charge >= 0.3 is 12.1 Å². The molecule has 5 nitrogen and oxygen atoms in total. The lowest BCUT2D eigenvalue weighted by atomic mass is 10.1. The normalized spacial score (nSPS) is 12.6. The van der Waals surface area contributed by atoms with Crippen molar-refractivity contribution in [3.8, 4) is 0 Å². The van der Waals surface area contributed by atoms with Crippen LogP contribution in [-0.4, -0.2) is 28.8 Å². The molecular formula is C10H21NO4S. The van der Waals surface area contributed by atoms with Gasteiger partial charge in [-0.25, -0.2) is 9.59 Å². The number of carbonyl (C=O) groups excluding carboxylic acids is 1. The van der Waals surface area contributed by atoms with E-state index in [0.29, 0.717) is 0 Å². The minimum atomic E-state index is -1.06. The van der Waals surface area contributed by atoms with E-state index in [9.17, 15) is 9.59 Å². The number of rotatable bonds is 3. The fourth-order valence-electron chi connectivity index (χ4n) is 0.948. The Labute approximate surface area is 103 Å². The highest BCUT2D eigenvalue weighted by molar-refractivity contribution is 7.59. The SMILES string of the molecule is CC(C)[C@H](NC(=O)OC(C)(C)C)C(=O)O.S. The van der Waals surface area contributed by atoms with Crippen molar-refractivity contribution in [2.75, 3.05) is 0 Å². The molecule has 0 aliphatic heterocycles. The number of hydrogen-bond donors (Lipinski definition) is 2. The zero-order valence-electron chi connectivity index (χ0n) is 10.3. The van der Waals surface area contributed by atoms with Crippen LogP contribution in [0.2, 0.25) is 0 Å². The van der Waals surface area contributed by atoms with Crippen molar-refractivity contribution in [2.24, 2.45) is 5.92 Å². The van der Waals surface area contributed by atoms with Crippen molar-refractivity contribution < 1.29 is 19.4 Å². The predicted octanol–water partition coefficient (Wildman–Crippen LogP) is 1.73. The Bertz CT molecular complexity index is 248. The van der Waals surface area contributed by atoms with Gasteiger partial charge in [-0.3, -0.25) is 0 Å². The Kier molecular flexibility index (Phi) is 7.24. The average Bonchev–Trinajstić information content (AvgIpc) is 1.95. The van der Waals surface area contributed by atoms with Crippen molar-refractivity contribution in [1.82, 2.24) is 5.32 Å². The molecule has 0 aromatic heterocycles. The van der Waals surface area contributed by atoms with Crippen LogP contribution in [0.1, 0.15) is 34.6 Å². The van der Waals surface area contributed by atoms with Gasteiger partial charge < -0.3 is 15.2 Å². The lowest BCUT2D eigenvalue weighted by molar-refractivity contribution is -0.140. The van der Waals surface area contributed by atoms with Gasteiger partial charge in [0, 0.05) is 0 Å². The van der Waals surface area contributed by atoms with Crippen molar-refractivity contribution in [1.29, 1.82) is 0 Å². The summed E-state index contributed by atoms with van der Waals surface area (Å²) < 4.78 is 4.96. The topological polar surface area (TPSA) is 75.6 Å². The van der Waals surface area contributed by atoms with Crippen LogP contribution in [0.15, 0.2) is 0 Å². The average molecular weight is 251 g/mol. The molecule has 96 valence electrons. The Morgan fingerprint density at radius 1 is 1.25 bits per heavy atom. The standard InChI is InChI=1S/C10H19NO4.H2S/c1-6(2)7(8(12)13)11-9(14)15-10(3,4)5;/h6-7H,1-5H3,(H,11,14)(H,12,13);1H2/t7-;/m0./s1. The molecule has 0 bridgehead atoms. The zero-order chi connectivity index (χ0) is 12.2.